The van der Waals surface area contributed by atoms with Gasteiger partial charge < -0.3 is 18.9 Å². The molecular formula is C18H32O6. The standard InChI is InChI=1S/C18H32O6/c1-4-21-17(19)23-15-10-8-11-16(13-15)24-18(20)22-12-7-5-6-9-14(2)3/h14-16H,4-13H2,1-3H3. The van der Waals surface area contributed by atoms with E-state index in [4.69, 9.17) is 18.9 Å². The van der Waals surface area contributed by atoms with E-state index in [1.165, 1.54) is 6.42 Å². The number of unbranched alkanes of at least 4 members (excludes halogenated alkanes) is 2. The predicted octanol–water partition coefficient (Wildman–Crippen LogP) is 4.84. The van der Waals surface area contributed by atoms with E-state index in [0.29, 0.717) is 18.9 Å². The van der Waals surface area contributed by atoms with Crippen molar-refractivity contribution < 1.29 is 28.5 Å². The SMILES string of the molecule is CCOC(=O)OC1CCCC(OC(=O)OCCCCCC(C)C)C1. The molecule has 24 heavy (non-hydrogen) atoms. The van der Waals surface area contributed by atoms with Crippen LogP contribution in [0.2, 0.25) is 0 Å². The van der Waals surface area contributed by atoms with Crippen LogP contribution in [0, 0.1) is 5.92 Å². The summed E-state index contributed by atoms with van der Waals surface area (Å²) < 4.78 is 20.4. The van der Waals surface area contributed by atoms with Crippen LogP contribution in [-0.4, -0.2) is 37.7 Å². The monoisotopic (exact) mass is 344 g/mol. The lowest BCUT2D eigenvalue weighted by Gasteiger charge is -2.27. The number of rotatable bonds is 9. The van der Waals surface area contributed by atoms with Crippen molar-refractivity contribution in [2.45, 2.75) is 84.3 Å². The minimum absolute atomic E-state index is 0.258. The maximum atomic E-state index is 11.7. The Kier molecular flexibility index (Phi) is 10.3. The maximum absolute atomic E-state index is 11.7. The summed E-state index contributed by atoms with van der Waals surface area (Å²) in [5.41, 5.74) is 0. The third kappa shape index (κ3) is 9.63. The highest BCUT2D eigenvalue weighted by Crippen LogP contribution is 2.24. The molecule has 2 unspecified atom stereocenters. The first-order chi connectivity index (χ1) is 11.5. The minimum atomic E-state index is -0.660. The Morgan fingerprint density at radius 1 is 0.958 bits per heavy atom. The third-order valence-electron chi connectivity index (χ3n) is 4.01. The van der Waals surface area contributed by atoms with Gasteiger partial charge in [-0.1, -0.05) is 33.1 Å². The predicted molar refractivity (Wildman–Crippen MR) is 89.9 cm³/mol. The summed E-state index contributed by atoms with van der Waals surface area (Å²) in [5, 5.41) is 0. The van der Waals surface area contributed by atoms with Gasteiger partial charge in [-0.15, -0.1) is 0 Å². The van der Waals surface area contributed by atoms with Crippen LogP contribution < -0.4 is 0 Å². The van der Waals surface area contributed by atoms with Gasteiger partial charge in [0.2, 0.25) is 0 Å². The summed E-state index contributed by atoms with van der Waals surface area (Å²) in [6, 6.07) is 0. The fourth-order valence-corrected chi connectivity index (χ4v) is 2.76. The summed E-state index contributed by atoms with van der Waals surface area (Å²) in [6.45, 7) is 6.82. The molecule has 1 fully saturated rings. The summed E-state index contributed by atoms with van der Waals surface area (Å²) in [6.07, 6.45) is 5.37. The number of carbonyl (C=O) groups excluding carboxylic acids is 2. The maximum Gasteiger partial charge on any atom is 0.508 e. The molecule has 0 amide bonds. The van der Waals surface area contributed by atoms with Crippen LogP contribution in [-0.2, 0) is 18.9 Å². The summed E-state index contributed by atoms with van der Waals surface area (Å²) >= 11 is 0. The quantitative estimate of drug-likeness (QED) is 0.440. The van der Waals surface area contributed by atoms with E-state index in [0.717, 1.165) is 38.5 Å². The van der Waals surface area contributed by atoms with Crippen LogP contribution in [0.4, 0.5) is 9.59 Å². The smallest absolute Gasteiger partial charge is 0.435 e. The van der Waals surface area contributed by atoms with Gasteiger partial charge >= 0.3 is 12.3 Å². The van der Waals surface area contributed by atoms with Crippen LogP contribution in [0.25, 0.3) is 0 Å². The fourth-order valence-electron chi connectivity index (χ4n) is 2.76. The second kappa shape index (κ2) is 12.0. The van der Waals surface area contributed by atoms with Crippen LogP contribution in [0.15, 0.2) is 0 Å². The molecule has 0 spiro atoms. The second-order valence-electron chi connectivity index (χ2n) is 6.67. The summed E-state index contributed by atoms with van der Waals surface area (Å²) in [5.74, 6) is 0.715. The molecule has 0 radical (unpaired) electrons. The van der Waals surface area contributed by atoms with E-state index >= 15 is 0 Å². The molecule has 0 N–H and O–H groups in total. The fraction of sp³-hybridized carbons (Fsp3) is 0.889. The first-order valence-electron chi connectivity index (χ1n) is 9.18. The number of hydrogen-bond donors (Lipinski definition) is 0. The van der Waals surface area contributed by atoms with E-state index in [-0.39, 0.29) is 18.8 Å². The molecule has 0 bridgehead atoms. The molecule has 0 aromatic carbocycles. The highest BCUT2D eigenvalue weighted by Gasteiger charge is 2.28. The summed E-state index contributed by atoms with van der Waals surface area (Å²) in [4.78, 5) is 23.0. The number of ether oxygens (including phenoxy) is 4. The van der Waals surface area contributed by atoms with E-state index in [2.05, 4.69) is 13.8 Å². The normalized spacial score (nSPS) is 20.5. The molecule has 0 heterocycles. The summed E-state index contributed by atoms with van der Waals surface area (Å²) in [7, 11) is 0. The Bertz CT molecular complexity index is 369. The Morgan fingerprint density at radius 2 is 1.58 bits per heavy atom. The Balaban J connectivity index is 2.13. The van der Waals surface area contributed by atoms with Gasteiger partial charge in [-0.05, 0) is 38.5 Å². The van der Waals surface area contributed by atoms with E-state index in [1.807, 2.05) is 0 Å². The molecule has 1 rings (SSSR count). The first kappa shape index (κ1) is 20.6. The van der Waals surface area contributed by atoms with Crippen molar-refractivity contribution in [3.05, 3.63) is 0 Å². The number of carbonyl (C=O) groups is 2. The lowest BCUT2D eigenvalue weighted by Crippen LogP contribution is -2.31. The van der Waals surface area contributed by atoms with Crippen molar-refractivity contribution in [3.63, 3.8) is 0 Å². The average Bonchev–Trinajstić information content (AvgIpc) is 2.51. The van der Waals surface area contributed by atoms with E-state index in [1.54, 1.807) is 6.92 Å². The molecule has 1 aliphatic carbocycles. The molecular weight excluding hydrogens is 312 g/mol. The molecule has 0 aliphatic heterocycles. The molecule has 0 aromatic heterocycles. The van der Waals surface area contributed by atoms with Gasteiger partial charge in [0.15, 0.2) is 0 Å². The van der Waals surface area contributed by atoms with E-state index < -0.39 is 12.3 Å². The molecule has 140 valence electrons. The van der Waals surface area contributed by atoms with E-state index in [9.17, 15) is 9.59 Å². The Labute approximate surface area is 145 Å². The third-order valence-corrected chi connectivity index (χ3v) is 4.01. The lowest BCUT2D eigenvalue weighted by molar-refractivity contribution is -0.0340. The molecule has 1 saturated carbocycles. The number of hydrogen-bond acceptors (Lipinski definition) is 6. The molecule has 1 aliphatic rings. The Hall–Kier alpha value is -1.46. The van der Waals surface area contributed by atoms with Gasteiger partial charge in [0.25, 0.3) is 0 Å². The van der Waals surface area contributed by atoms with Crippen molar-refractivity contribution in [1.29, 1.82) is 0 Å². The van der Waals surface area contributed by atoms with Gasteiger partial charge in [0.1, 0.15) is 12.2 Å². The van der Waals surface area contributed by atoms with Crippen molar-refractivity contribution in [2.75, 3.05) is 13.2 Å². The van der Waals surface area contributed by atoms with Crippen molar-refractivity contribution in [3.8, 4) is 0 Å². The molecule has 2 atom stereocenters. The topological polar surface area (TPSA) is 71.1 Å². The zero-order valence-electron chi connectivity index (χ0n) is 15.3. The van der Waals surface area contributed by atoms with Crippen molar-refractivity contribution in [1.82, 2.24) is 0 Å². The highest BCUT2D eigenvalue weighted by atomic mass is 16.7. The lowest BCUT2D eigenvalue weighted by atomic mass is 9.95. The average molecular weight is 344 g/mol. The molecule has 0 aromatic rings. The molecule has 6 heteroatoms. The molecule has 0 saturated heterocycles. The van der Waals surface area contributed by atoms with Gasteiger partial charge in [0.05, 0.1) is 13.2 Å². The van der Waals surface area contributed by atoms with Gasteiger partial charge in [-0.2, -0.15) is 0 Å². The van der Waals surface area contributed by atoms with Crippen LogP contribution >= 0.6 is 0 Å². The zero-order valence-corrected chi connectivity index (χ0v) is 15.3. The van der Waals surface area contributed by atoms with Crippen LogP contribution in [0.1, 0.15) is 72.1 Å². The van der Waals surface area contributed by atoms with Gasteiger partial charge in [-0.3, -0.25) is 0 Å². The van der Waals surface area contributed by atoms with Crippen molar-refractivity contribution in [2.24, 2.45) is 5.92 Å². The van der Waals surface area contributed by atoms with Crippen LogP contribution in [0.3, 0.4) is 0 Å². The van der Waals surface area contributed by atoms with Crippen LogP contribution in [0.5, 0.6) is 0 Å². The molecule has 6 nitrogen and oxygen atoms in total. The largest absolute Gasteiger partial charge is 0.508 e. The second-order valence-corrected chi connectivity index (χ2v) is 6.67. The Morgan fingerprint density at radius 3 is 2.17 bits per heavy atom. The van der Waals surface area contributed by atoms with Crippen molar-refractivity contribution >= 4 is 12.3 Å². The minimum Gasteiger partial charge on any atom is -0.435 e. The first-order valence-corrected chi connectivity index (χ1v) is 9.18. The van der Waals surface area contributed by atoms with Gasteiger partial charge in [-0.25, -0.2) is 9.59 Å². The zero-order chi connectivity index (χ0) is 17.8. The highest BCUT2D eigenvalue weighted by molar-refractivity contribution is 5.60. The van der Waals surface area contributed by atoms with Gasteiger partial charge in [0, 0.05) is 6.42 Å².